The first kappa shape index (κ1) is 29.4. The molecule has 228 valence electrons. The Morgan fingerprint density at radius 2 is 1.58 bits per heavy atom. The molecule has 0 bridgehead atoms. The number of unbranched alkanes of at least 4 members (excludes halogenated alkanes) is 5. The molecule has 0 aromatic heterocycles. The first-order valence-electron chi connectivity index (χ1n) is 16.0. The highest BCUT2D eigenvalue weighted by Gasteiger charge is 2.32. The number of halogens is 1. The van der Waals surface area contributed by atoms with Crippen molar-refractivity contribution in [3.63, 3.8) is 0 Å². The van der Waals surface area contributed by atoms with Crippen molar-refractivity contribution in [3.8, 4) is 11.5 Å². The molecular formula is C35H43FN4O3. The molecule has 3 aliphatic rings. The maximum absolute atomic E-state index is 13.2. The molecule has 43 heavy (non-hydrogen) atoms. The maximum Gasteiger partial charge on any atom is 0.256 e. The molecule has 1 atom stereocenters. The second kappa shape index (κ2) is 13.8. The molecule has 7 nitrogen and oxygen atoms in total. The topological polar surface area (TPSA) is 57.6 Å². The van der Waals surface area contributed by atoms with Crippen molar-refractivity contribution in [1.82, 2.24) is 9.80 Å². The van der Waals surface area contributed by atoms with Crippen LogP contribution >= 0.6 is 0 Å². The third kappa shape index (κ3) is 6.96. The van der Waals surface area contributed by atoms with E-state index in [1.807, 2.05) is 47.5 Å². The zero-order chi connectivity index (χ0) is 29.6. The van der Waals surface area contributed by atoms with E-state index in [4.69, 9.17) is 9.47 Å². The van der Waals surface area contributed by atoms with E-state index in [0.29, 0.717) is 17.9 Å². The van der Waals surface area contributed by atoms with Crippen LogP contribution in [-0.2, 0) is 0 Å². The number of fused-ring (bicyclic) bond motifs is 3. The molecule has 1 amide bonds. The molecule has 0 radical (unpaired) electrons. The number of nitrogens with zero attached hydrogens (tertiary/aromatic N) is 4. The number of aliphatic imine (C=N–C) groups is 1. The summed E-state index contributed by atoms with van der Waals surface area (Å²) in [5.74, 6) is 1.32. The summed E-state index contributed by atoms with van der Waals surface area (Å²) in [5, 5.41) is 1.96. The zero-order valence-corrected chi connectivity index (χ0v) is 25.3. The fourth-order valence-electron chi connectivity index (χ4n) is 6.58. The molecule has 0 spiro atoms. The van der Waals surface area contributed by atoms with E-state index in [0.717, 1.165) is 92.8 Å². The van der Waals surface area contributed by atoms with E-state index in [1.165, 1.54) is 25.7 Å². The van der Waals surface area contributed by atoms with E-state index in [9.17, 15) is 9.18 Å². The SMILES string of the molecule is COc1cc2cc3c(cc2cc1OCCCCCCCCN1CCN(c2ccc(F)cc2)CC1)C(=O)N1CCC[C@H]1C=N3. The van der Waals surface area contributed by atoms with Gasteiger partial charge in [0.1, 0.15) is 5.82 Å². The van der Waals surface area contributed by atoms with E-state index in [1.54, 1.807) is 19.2 Å². The van der Waals surface area contributed by atoms with Crippen LogP contribution in [-0.4, -0.2) is 80.9 Å². The third-order valence-corrected chi connectivity index (χ3v) is 9.10. The predicted molar refractivity (Wildman–Crippen MR) is 171 cm³/mol. The fraction of sp³-hybridized carbons (Fsp3) is 0.486. The number of anilines is 1. The molecule has 2 saturated heterocycles. The van der Waals surface area contributed by atoms with E-state index < -0.39 is 0 Å². The Labute approximate surface area is 254 Å². The molecule has 0 saturated carbocycles. The summed E-state index contributed by atoms with van der Waals surface area (Å²) < 4.78 is 25.0. The van der Waals surface area contributed by atoms with Crippen molar-refractivity contribution < 1.29 is 18.7 Å². The third-order valence-electron chi connectivity index (χ3n) is 9.10. The molecule has 6 rings (SSSR count). The number of carbonyl (C=O) groups is 1. The Balaban J connectivity index is 0.907. The van der Waals surface area contributed by atoms with E-state index in [-0.39, 0.29) is 17.8 Å². The van der Waals surface area contributed by atoms with Gasteiger partial charge in [-0.15, -0.1) is 0 Å². The summed E-state index contributed by atoms with van der Waals surface area (Å²) >= 11 is 0. The van der Waals surface area contributed by atoms with E-state index >= 15 is 0 Å². The van der Waals surface area contributed by atoms with Crippen molar-refractivity contribution in [1.29, 1.82) is 0 Å². The van der Waals surface area contributed by atoms with Crippen molar-refractivity contribution in [3.05, 3.63) is 59.9 Å². The lowest BCUT2D eigenvalue weighted by molar-refractivity contribution is 0.0775. The van der Waals surface area contributed by atoms with Crippen LogP contribution in [0.25, 0.3) is 10.8 Å². The summed E-state index contributed by atoms with van der Waals surface area (Å²) in [7, 11) is 1.67. The first-order valence-corrected chi connectivity index (χ1v) is 16.0. The number of rotatable bonds is 12. The number of piperazine rings is 1. The van der Waals surface area contributed by atoms with Gasteiger partial charge in [0.15, 0.2) is 11.5 Å². The quantitative estimate of drug-likeness (QED) is 0.217. The van der Waals surface area contributed by atoms with Gasteiger partial charge >= 0.3 is 0 Å². The van der Waals surface area contributed by atoms with Crippen LogP contribution in [0.5, 0.6) is 11.5 Å². The zero-order valence-electron chi connectivity index (χ0n) is 25.3. The smallest absolute Gasteiger partial charge is 0.256 e. The second-order valence-electron chi connectivity index (χ2n) is 12.0. The predicted octanol–water partition coefficient (Wildman–Crippen LogP) is 6.85. The lowest BCUT2D eigenvalue weighted by Crippen LogP contribution is -2.46. The van der Waals surface area contributed by atoms with Crippen LogP contribution in [0.15, 0.2) is 53.5 Å². The van der Waals surface area contributed by atoms with Crippen LogP contribution in [0.3, 0.4) is 0 Å². The number of amides is 1. The van der Waals surface area contributed by atoms with Crippen molar-refractivity contribution in [2.75, 3.05) is 57.9 Å². The van der Waals surface area contributed by atoms with Crippen LogP contribution in [0.4, 0.5) is 15.8 Å². The molecule has 3 aliphatic heterocycles. The minimum Gasteiger partial charge on any atom is -0.493 e. The monoisotopic (exact) mass is 586 g/mol. The number of hydrogen-bond donors (Lipinski definition) is 0. The molecular weight excluding hydrogens is 543 g/mol. The molecule has 0 aliphatic carbocycles. The Morgan fingerprint density at radius 1 is 0.860 bits per heavy atom. The van der Waals surface area contributed by atoms with Gasteiger partial charge < -0.3 is 19.3 Å². The van der Waals surface area contributed by atoms with Crippen molar-refractivity contribution >= 4 is 34.3 Å². The van der Waals surface area contributed by atoms with Crippen LogP contribution in [0.1, 0.15) is 61.7 Å². The number of methoxy groups -OCH3 is 1. The fourth-order valence-corrected chi connectivity index (χ4v) is 6.58. The van der Waals surface area contributed by atoms with Gasteiger partial charge in [0.2, 0.25) is 0 Å². The van der Waals surface area contributed by atoms with Gasteiger partial charge in [-0.1, -0.05) is 25.7 Å². The number of hydrogen-bond acceptors (Lipinski definition) is 6. The molecule has 3 aromatic carbocycles. The summed E-state index contributed by atoms with van der Waals surface area (Å²) in [6.07, 6.45) is 11.0. The average Bonchev–Trinajstić information content (AvgIpc) is 3.47. The Kier molecular flexibility index (Phi) is 9.42. The summed E-state index contributed by atoms with van der Waals surface area (Å²) in [6, 6.07) is 14.9. The van der Waals surface area contributed by atoms with Crippen molar-refractivity contribution in [2.45, 2.75) is 57.4 Å². The minimum atomic E-state index is -0.177. The van der Waals surface area contributed by atoms with Gasteiger partial charge in [-0.3, -0.25) is 14.7 Å². The number of benzene rings is 3. The van der Waals surface area contributed by atoms with Crippen molar-refractivity contribution in [2.24, 2.45) is 4.99 Å². The minimum absolute atomic E-state index is 0.0691. The summed E-state index contributed by atoms with van der Waals surface area (Å²) in [4.78, 5) is 24.7. The maximum atomic E-state index is 13.2. The van der Waals surface area contributed by atoms with Gasteiger partial charge in [0.05, 0.1) is 31.0 Å². The van der Waals surface area contributed by atoms with Crippen LogP contribution in [0, 0.1) is 5.82 Å². The second-order valence-corrected chi connectivity index (χ2v) is 12.0. The summed E-state index contributed by atoms with van der Waals surface area (Å²) in [5.41, 5.74) is 2.51. The molecule has 0 N–H and O–H groups in total. The molecule has 3 aromatic rings. The van der Waals surface area contributed by atoms with Gasteiger partial charge in [0.25, 0.3) is 5.91 Å². The molecule has 8 heteroatoms. The van der Waals surface area contributed by atoms with Gasteiger partial charge in [0, 0.05) is 44.6 Å². The lowest BCUT2D eigenvalue weighted by atomic mass is 10.0. The van der Waals surface area contributed by atoms with Gasteiger partial charge in [-0.25, -0.2) is 4.39 Å². The Morgan fingerprint density at radius 3 is 2.37 bits per heavy atom. The molecule has 0 unspecified atom stereocenters. The highest BCUT2D eigenvalue weighted by molar-refractivity contribution is 6.07. The number of ether oxygens (including phenoxy) is 2. The number of carbonyl (C=O) groups excluding carboxylic acids is 1. The van der Waals surface area contributed by atoms with Crippen LogP contribution < -0.4 is 14.4 Å². The lowest BCUT2D eigenvalue weighted by Gasteiger charge is -2.36. The van der Waals surface area contributed by atoms with E-state index in [2.05, 4.69) is 14.8 Å². The summed E-state index contributed by atoms with van der Waals surface area (Å²) in [6.45, 7) is 6.73. The standard InChI is InChI=1S/C35H43FN4O3/c1-42-33-23-27-22-32-31(35(41)40-15-8-9-30(40)25-37-32)21-26(27)24-34(33)43-20-7-5-3-2-4-6-14-38-16-18-39(19-17-38)29-12-10-28(36)11-13-29/h10-13,21-25,30H,2-9,14-20H2,1H3/t30-/m0/s1. The van der Waals surface area contributed by atoms with Gasteiger partial charge in [-0.2, -0.15) is 0 Å². The highest BCUT2D eigenvalue weighted by Crippen LogP contribution is 2.37. The molecule has 2 fully saturated rings. The van der Waals surface area contributed by atoms with Crippen LogP contribution in [0.2, 0.25) is 0 Å². The normalized spacial score (nSPS) is 18.6. The highest BCUT2D eigenvalue weighted by atomic mass is 19.1. The molecule has 3 heterocycles. The van der Waals surface area contributed by atoms with Gasteiger partial charge in [-0.05, 0) is 91.5 Å². The Bertz CT molecular complexity index is 1440. The first-order chi connectivity index (χ1) is 21.1. The average molecular weight is 587 g/mol. The largest absolute Gasteiger partial charge is 0.493 e. The Hall–Kier alpha value is -3.65.